The van der Waals surface area contributed by atoms with Gasteiger partial charge in [0.2, 0.25) is 0 Å². The summed E-state index contributed by atoms with van der Waals surface area (Å²) < 4.78 is 41.4. The number of rotatable bonds is 5. The summed E-state index contributed by atoms with van der Waals surface area (Å²) in [4.78, 5) is 10.7. The fourth-order valence-corrected chi connectivity index (χ4v) is 4.76. The van der Waals surface area contributed by atoms with Gasteiger partial charge in [0.1, 0.15) is 17.2 Å². The van der Waals surface area contributed by atoms with Crippen LogP contribution in [0.4, 0.5) is 19.0 Å². The van der Waals surface area contributed by atoms with E-state index in [1.165, 1.54) is 6.07 Å². The van der Waals surface area contributed by atoms with Crippen molar-refractivity contribution in [3.8, 4) is 11.4 Å². The van der Waals surface area contributed by atoms with E-state index in [1.807, 2.05) is 0 Å². The quantitative estimate of drug-likeness (QED) is 0.614. The number of hydrogen-bond donors (Lipinski definition) is 2. The normalized spacial score (nSPS) is 20.0. The van der Waals surface area contributed by atoms with Gasteiger partial charge in [-0.3, -0.25) is 5.10 Å². The Kier molecular flexibility index (Phi) is 5.63. The maximum absolute atomic E-state index is 13.8. The van der Waals surface area contributed by atoms with Crippen LogP contribution >= 0.6 is 0 Å². The van der Waals surface area contributed by atoms with Crippen LogP contribution in [0.15, 0.2) is 30.5 Å². The Morgan fingerprint density at radius 1 is 1.23 bits per heavy atom. The molecule has 1 saturated heterocycles. The molecule has 4 heterocycles. The minimum Gasteiger partial charge on any atom is -0.356 e. The van der Waals surface area contributed by atoms with Crippen LogP contribution in [-0.4, -0.2) is 39.8 Å². The Hall–Kier alpha value is -2.68. The molecular formula is C22H27F3N6. The SMILES string of the molecule is CC(C)CC1(CN)CCCN(c2ccc(C(F)(F)F)c(-c3n[nH]c4ncccc34)n2)C1. The van der Waals surface area contributed by atoms with Crippen molar-refractivity contribution >= 4 is 16.9 Å². The molecule has 1 unspecified atom stereocenters. The van der Waals surface area contributed by atoms with Crippen LogP contribution < -0.4 is 10.6 Å². The lowest BCUT2D eigenvalue weighted by molar-refractivity contribution is -0.137. The molecule has 3 aromatic rings. The van der Waals surface area contributed by atoms with Gasteiger partial charge in [0.15, 0.2) is 5.65 Å². The molecule has 9 heteroatoms. The fourth-order valence-electron chi connectivity index (χ4n) is 4.76. The van der Waals surface area contributed by atoms with Crippen molar-refractivity contribution in [2.45, 2.75) is 39.3 Å². The highest BCUT2D eigenvalue weighted by atomic mass is 19.4. The second kappa shape index (κ2) is 8.11. The Morgan fingerprint density at radius 2 is 2.03 bits per heavy atom. The topological polar surface area (TPSA) is 83.7 Å². The van der Waals surface area contributed by atoms with Crippen LogP contribution in [-0.2, 0) is 6.18 Å². The van der Waals surface area contributed by atoms with Crippen LogP contribution in [0, 0.1) is 11.3 Å². The number of aromatic nitrogens is 4. The van der Waals surface area contributed by atoms with Gasteiger partial charge in [-0.15, -0.1) is 0 Å². The lowest BCUT2D eigenvalue weighted by Crippen LogP contribution is -2.48. The van der Waals surface area contributed by atoms with Gasteiger partial charge in [-0.25, -0.2) is 9.97 Å². The van der Waals surface area contributed by atoms with Crippen LogP contribution in [0.25, 0.3) is 22.4 Å². The smallest absolute Gasteiger partial charge is 0.356 e. The lowest BCUT2D eigenvalue weighted by Gasteiger charge is -2.44. The van der Waals surface area contributed by atoms with Crippen molar-refractivity contribution in [3.05, 3.63) is 36.0 Å². The summed E-state index contributed by atoms with van der Waals surface area (Å²) in [6, 6.07) is 5.93. The third-order valence-electron chi connectivity index (χ3n) is 6.01. The lowest BCUT2D eigenvalue weighted by atomic mass is 9.74. The molecule has 3 aromatic heterocycles. The van der Waals surface area contributed by atoms with Crippen LogP contribution in [0.3, 0.4) is 0 Å². The molecule has 4 rings (SSSR count). The van der Waals surface area contributed by atoms with E-state index in [0.717, 1.165) is 31.9 Å². The van der Waals surface area contributed by atoms with Crippen molar-refractivity contribution < 1.29 is 13.2 Å². The molecule has 0 aromatic carbocycles. The summed E-state index contributed by atoms with van der Waals surface area (Å²) in [7, 11) is 0. The number of alkyl halides is 3. The van der Waals surface area contributed by atoms with Crippen LogP contribution in [0.2, 0.25) is 0 Å². The number of aromatic amines is 1. The zero-order valence-electron chi connectivity index (χ0n) is 17.7. The van der Waals surface area contributed by atoms with Crippen LogP contribution in [0.5, 0.6) is 0 Å². The van der Waals surface area contributed by atoms with Crippen molar-refractivity contribution in [1.29, 1.82) is 0 Å². The van der Waals surface area contributed by atoms with Crippen molar-refractivity contribution in [1.82, 2.24) is 20.2 Å². The van der Waals surface area contributed by atoms with E-state index >= 15 is 0 Å². The summed E-state index contributed by atoms with van der Waals surface area (Å²) in [5.74, 6) is 1.01. The van der Waals surface area contributed by atoms with Gasteiger partial charge in [0.05, 0.1) is 5.56 Å². The molecule has 0 spiro atoms. The number of pyridine rings is 2. The van der Waals surface area contributed by atoms with Gasteiger partial charge in [-0.05, 0) is 56.0 Å². The Bertz CT molecular complexity index is 1060. The summed E-state index contributed by atoms with van der Waals surface area (Å²) in [6.45, 7) is 6.30. The minimum atomic E-state index is -4.55. The summed E-state index contributed by atoms with van der Waals surface area (Å²) >= 11 is 0. The molecule has 0 aliphatic carbocycles. The standard InChI is InChI=1S/C22H27F3N6/c1-14(2)11-21(12-26)8-4-10-31(13-21)17-7-6-16(22(23,24)25)19(28-17)18-15-5-3-9-27-20(15)30-29-18/h3,5-7,9,14H,4,8,10-13,26H2,1-2H3,(H,27,29,30). The van der Waals surface area contributed by atoms with Gasteiger partial charge in [-0.1, -0.05) is 13.8 Å². The first kappa shape index (κ1) is 21.5. The maximum Gasteiger partial charge on any atom is 0.418 e. The zero-order valence-corrected chi connectivity index (χ0v) is 17.7. The predicted molar refractivity (Wildman–Crippen MR) is 115 cm³/mol. The van der Waals surface area contributed by atoms with E-state index < -0.39 is 11.7 Å². The van der Waals surface area contributed by atoms with Gasteiger partial charge < -0.3 is 10.6 Å². The molecule has 0 amide bonds. The molecule has 3 N–H and O–H groups in total. The summed E-state index contributed by atoms with van der Waals surface area (Å²) in [5.41, 5.74) is 5.69. The van der Waals surface area contributed by atoms with E-state index in [-0.39, 0.29) is 16.8 Å². The number of anilines is 1. The number of hydrogen-bond acceptors (Lipinski definition) is 5. The average Bonchev–Trinajstić information content (AvgIpc) is 3.16. The number of nitrogens with one attached hydrogen (secondary N) is 1. The number of nitrogens with two attached hydrogens (primary N) is 1. The van der Waals surface area contributed by atoms with Gasteiger partial charge >= 0.3 is 6.18 Å². The van der Waals surface area contributed by atoms with Gasteiger partial charge in [0, 0.05) is 30.1 Å². The first-order valence-corrected chi connectivity index (χ1v) is 10.6. The molecule has 1 atom stereocenters. The fraction of sp³-hybridized carbons (Fsp3) is 0.500. The highest BCUT2D eigenvalue weighted by molar-refractivity contribution is 5.90. The minimum absolute atomic E-state index is 0.0556. The van der Waals surface area contributed by atoms with Crippen LogP contribution in [0.1, 0.15) is 38.7 Å². The molecule has 0 saturated carbocycles. The van der Waals surface area contributed by atoms with Crippen molar-refractivity contribution in [2.24, 2.45) is 17.1 Å². The first-order chi connectivity index (χ1) is 14.7. The number of halogens is 3. The third kappa shape index (κ3) is 4.23. The summed E-state index contributed by atoms with van der Waals surface area (Å²) in [6.07, 6.45) is -0.0652. The Morgan fingerprint density at radius 3 is 2.74 bits per heavy atom. The number of nitrogens with zero attached hydrogens (tertiary/aromatic N) is 4. The largest absolute Gasteiger partial charge is 0.418 e. The Labute approximate surface area is 179 Å². The molecule has 0 radical (unpaired) electrons. The van der Waals surface area contributed by atoms with E-state index in [1.54, 1.807) is 18.3 Å². The highest BCUT2D eigenvalue weighted by Crippen LogP contribution is 2.40. The number of H-pyrrole nitrogens is 1. The molecule has 6 nitrogen and oxygen atoms in total. The number of fused-ring (bicyclic) bond motifs is 1. The summed E-state index contributed by atoms with van der Waals surface area (Å²) in [5, 5.41) is 7.34. The molecule has 0 bridgehead atoms. The number of piperidine rings is 1. The molecule has 1 fully saturated rings. The second-order valence-electron chi connectivity index (χ2n) is 8.86. The average molecular weight is 432 g/mol. The van der Waals surface area contributed by atoms with E-state index in [0.29, 0.717) is 35.9 Å². The maximum atomic E-state index is 13.8. The first-order valence-electron chi connectivity index (χ1n) is 10.6. The predicted octanol–water partition coefficient (Wildman–Crippen LogP) is 4.63. The van der Waals surface area contributed by atoms with Gasteiger partial charge in [0.25, 0.3) is 0 Å². The molecule has 166 valence electrons. The van der Waals surface area contributed by atoms with Crippen molar-refractivity contribution in [2.75, 3.05) is 24.5 Å². The van der Waals surface area contributed by atoms with E-state index in [4.69, 9.17) is 5.73 Å². The third-order valence-corrected chi connectivity index (χ3v) is 6.01. The van der Waals surface area contributed by atoms with E-state index in [9.17, 15) is 13.2 Å². The van der Waals surface area contributed by atoms with Gasteiger partial charge in [-0.2, -0.15) is 18.3 Å². The van der Waals surface area contributed by atoms with E-state index in [2.05, 4.69) is 38.9 Å². The van der Waals surface area contributed by atoms with Crippen molar-refractivity contribution in [3.63, 3.8) is 0 Å². The zero-order chi connectivity index (χ0) is 22.2. The molecule has 1 aliphatic rings. The highest BCUT2D eigenvalue weighted by Gasteiger charge is 2.38. The monoisotopic (exact) mass is 432 g/mol. The molecule has 1 aliphatic heterocycles. The Balaban J connectivity index is 1.78. The second-order valence-corrected chi connectivity index (χ2v) is 8.86. The molecule has 31 heavy (non-hydrogen) atoms. The molecular weight excluding hydrogens is 405 g/mol.